The van der Waals surface area contributed by atoms with Gasteiger partial charge in [-0.2, -0.15) is 0 Å². The molecule has 8 aromatic rings. The lowest BCUT2D eigenvalue weighted by Gasteiger charge is -2.27. The molecule has 0 fully saturated rings. The van der Waals surface area contributed by atoms with Crippen LogP contribution < -0.4 is 4.90 Å². The van der Waals surface area contributed by atoms with Crippen LogP contribution in [-0.2, 0) is 5.41 Å². The molecule has 7 aromatic carbocycles. The average Bonchev–Trinajstić information content (AvgIpc) is 3.56. The van der Waals surface area contributed by atoms with Gasteiger partial charge in [0.05, 0.1) is 11.0 Å². The van der Waals surface area contributed by atoms with E-state index in [2.05, 4.69) is 191 Å². The zero-order chi connectivity index (χ0) is 31.0. The molecule has 1 aliphatic carbocycles. The van der Waals surface area contributed by atoms with Crippen LogP contribution in [-0.4, -0.2) is 4.57 Å². The van der Waals surface area contributed by atoms with E-state index in [1.807, 2.05) is 0 Å². The highest BCUT2D eigenvalue weighted by Gasteiger charge is 2.35. The first-order valence-corrected chi connectivity index (χ1v) is 16.6. The van der Waals surface area contributed by atoms with Gasteiger partial charge in [-0.1, -0.05) is 115 Å². The van der Waals surface area contributed by atoms with Crippen molar-refractivity contribution in [1.29, 1.82) is 0 Å². The Labute approximate surface area is 277 Å². The highest BCUT2D eigenvalue weighted by atomic mass is 79.9. The van der Waals surface area contributed by atoms with Crippen LogP contribution in [0.1, 0.15) is 25.0 Å². The summed E-state index contributed by atoms with van der Waals surface area (Å²) in [6.45, 7) is 4.67. The minimum absolute atomic E-state index is 0.0242. The van der Waals surface area contributed by atoms with Crippen molar-refractivity contribution in [2.45, 2.75) is 19.3 Å². The molecule has 0 radical (unpaired) electrons. The van der Waals surface area contributed by atoms with E-state index in [0.717, 1.165) is 27.2 Å². The normalized spacial score (nSPS) is 13.3. The lowest BCUT2D eigenvalue weighted by atomic mass is 9.82. The molecule has 1 aromatic heterocycles. The molecule has 3 heteroatoms. The minimum Gasteiger partial charge on any atom is -0.310 e. The van der Waals surface area contributed by atoms with Crippen LogP contribution in [0.5, 0.6) is 0 Å². The maximum atomic E-state index is 3.91. The molecule has 46 heavy (non-hydrogen) atoms. The summed E-state index contributed by atoms with van der Waals surface area (Å²) in [6, 6.07) is 55.2. The summed E-state index contributed by atoms with van der Waals surface area (Å²) < 4.78 is 3.48. The zero-order valence-corrected chi connectivity index (χ0v) is 27.3. The van der Waals surface area contributed by atoms with Crippen LogP contribution in [0, 0.1) is 0 Å². The van der Waals surface area contributed by atoms with Crippen molar-refractivity contribution in [2.75, 3.05) is 4.90 Å². The van der Waals surface area contributed by atoms with Crippen LogP contribution in [0.25, 0.3) is 49.4 Å². The Kier molecular flexibility index (Phi) is 6.03. The standard InChI is InChI=1S/C43H31BrN2/c1-43(2)36-17-10-9-16-34(36)35-27-32(22-24-37(35)43)45(29-12-5-3-6-13-29)31-21-23-33-28(26-31)20-25-40-41(33)42-38(44)18-11-19-39(42)46(40)30-14-7-4-8-15-30/h3-27H,1-2H3. The van der Waals surface area contributed by atoms with Crippen molar-refractivity contribution >= 4 is 65.6 Å². The van der Waals surface area contributed by atoms with Crippen LogP contribution in [0.2, 0.25) is 0 Å². The van der Waals surface area contributed by atoms with Gasteiger partial charge in [0, 0.05) is 43.4 Å². The van der Waals surface area contributed by atoms with Gasteiger partial charge in [-0.05, 0) is 99.8 Å². The van der Waals surface area contributed by atoms with Crippen molar-refractivity contribution < 1.29 is 0 Å². The summed E-state index contributed by atoms with van der Waals surface area (Å²) in [4.78, 5) is 2.39. The lowest BCUT2D eigenvalue weighted by molar-refractivity contribution is 0.660. The number of hydrogen-bond donors (Lipinski definition) is 0. The van der Waals surface area contributed by atoms with Gasteiger partial charge >= 0.3 is 0 Å². The first kappa shape index (κ1) is 27.2. The number of rotatable bonds is 4. The molecule has 0 N–H and O–H groups in total. The number of nitrogens with zero attached hydrogens (tertiary/aromatic N) is 2. The predicted molar refractivity (Wildman–Crippen MR) is 198 cm³/mol. The van der Waals surface area contributed by atoms with Gasteiger partial charge in [0.1, 0.15) is 0 Å². The smallest absolute Gasteiger partial charge is 0.0552 e. The molecule has 0 atom stereocenters. The van der Waals surface area contributed by atoms with E-state index in [9.17, 15) is 0 Å². The molecule has 2 nitrogen and oxygen atoms in total. The number of anilines is 3. The van der Waals surface area contributed by atoms with Crippen molar-refractivity contribution in [2.24, 2.45) is 0 Å². The van der Waals surface area contributed by atoms with Gasteiger partial charge in [-0.25, -0.2) is 0 Å². The first-order chi connectivity index (χ1) is 22.5. The second-order valence-electron chi connectivity index (χ2n) is 12.7. The van der Waals surface area contributed by atoms with Crippen molar-refractivity contribution in [3.8, 4) is 16.8 Å². The monoisotopic (exact) mass is 654 g/mol. The van der Waals surface area contributed by atoms with Gasteiger partial charge in [-0.3, -0.25) is 0 Å². The maximum Gasteiger partial charge on any atom is 0.0552 e. The molecule has 0 aliphatic heterocycles. The highest BCUT2D eigenvalue weighted by Crippen LogP contribution is 2.51. The summed E-state index contributed by atoms with van der Waals surface area (Å²) in [5, 5.41) is 4.95. The minimum atomic E-state index is -0.0242. The largest absolute Gasteiger partial charge is 0.310 e. The van der Waals surface area contributed by atoms with Gasteiger partial charge in [0.15, 0.2) is 0 Å². The molecule has 0 amide bonds. The van der Waals surface area contributed by atoms with E-state index in [0.29, 0.717) is 0 Å². The maximum absolute atomic E-state index is 3.91. The fraction of sp³-hybridized carbons (Fsp3) is 0.0698. The molecule has 0 unspecified atom stereocenters. The first-order valence-electron chi connectivity index (χ1n) is 15.8. The highest BCUT2D eigenvalue weighted by molar-refractivity contribution is 9.10. The van der Waals surface area contributed by atoms with Gasteiger partial charge < -0.3 is 9.47 Å². The quantitative estimate of drug-likeness (QED) is 0.183. The zero-order valence-electron chi connectivity index (χ0n) is 25.7. The molecule has 1 aliphatic rings. The van der Waals surface area contributed by atoms with E-state index in [1.54, 1.807) is 0 Å². The number of para-hydroxylation sites is 2. The lowest BCUT2D eigenvalue weighted by Crippen LogP contribution is -2.15. The third kappa shape index (κ3) is 3.95. The summed E-state index contributed by atoms with van der Waals surface area (Å²) in [5.41, 5.74) is 12.4. The van der Waals surface area contributed by atoms with E-state index >= 15 is 0 Å². The number of benzene rings is 7. The molecular formula is C43H31BrN2. The SMILES string of the molecule is CC1(C)c2ccccc2-c2cc(N(c3ccccc3)c3ccc4c(ccc5c4c4c(Br)cccc4n5-c4ccccc4)c3)ccc21. The Morgan fingerprint density at radius 3 is 2.02 bits per heavy atom. The summed E-state index contributed by atoms with van der Waals surface area (Å²) >= 11 is 3.91. The summed E-state index contributed by atoms with van der Waals surface area (Å²) in [7, 11) is 0. The number of fused-ring (bicyclic) bond motifs is 8. The average molecular weight is 656 g/mol. The van der Waals surface area contributed by atoms with Crippen LogP contribution in [0.4, 0.5) is 17.1 Å². The molecule has 0 saturated heterocycles. The Morgan fingerprint density at radius 1 is 0.522 bits per heavy atom. The Balaban J connectivity index is 1.27. The molecular weight excluding hydrogens is 624 g/mol. The van der Waals surface area contributed by atoms with Crippen molar-refractivity contribution in [1.82, 2.24) is 4.57 Å². The van der Waals surface area contributed by atoms with Crippen molar-refractivity contribution in [3.05, 3.63) is 167 Å². The Morgan fingerprint density at radius 2 is 1.20 bits per heavy atom. The summed E-state index contributed by atoms with van der Waals surface area (Å²) in [5.74, 6) is 0. The molecule has 0 bridgehead atoms. The molecule has 0 saturated carbocycles. The molecule has 220 valence electrons. The van der Waals surface area contributed by atoms with Gasteiger partial charge in [-0.15, -0.1) is 0 Å². The van der Waals surface area contributed by atoms with E-state index < -0.39 is 0 Å². The van der Waals surface area contributed by atoms with Crippen molar-refractivity contribution in [3.63, 3.8) is 0 Å². The second kappa shape index (κ2) is 10.2. The van der Waals surface area contributed by atoms with Gasteiger partial charge in [0.25, 0.3) is 0 Å². The van der Waals surface area contributed by atoms with Crippen LogP contribution in [0.3, 0.4) is 0 Å². The molecule has 1 heterocycles. The second-order valence-corrected chi connectivity index (χ2v) is 13.6. The van der Waals surface area contributed by atoms with Crippen LogP contribution in [0.15, 0.2) is 156 Å². The van der Waals surface area contributed by atoms with Gasteiger partial charge in [0.2, 0.25) is 0 Å². The third-order valence-electron chi connectivity index (χ3n) is 9.82. The van der Waals surface area contributed by atoms with E-state index in [4.69, 9.17) is 0 Å². The third-order valence-corrected chi connectivity index (χ3v) is 10.5. The molecule has 0 spiro atoms. The number of halogens is 1. The van der Waals surface area contributed by atoms with E-state index in [-0.39, 0.29) is 5.41 Å². The molecule has 9 rings (SSSR count). The van der Waals surface area contributed by atoms with Crippen LogP contribution >= 0.6 is 15.9 Å². The Hall–Kier alpha value is -5.12. The number of aromatic nitrogens is 1. The number of hydrogen-bond acceptors (Lipinski definition) is 1. The topological polar surface area (TPSA) is 8.17 Å². The predicted octanol–water partition coefficient (Wildman–Crippen LogP) is 12.5. The fourth-order valence-electron chi connectivity index (χ4n) is 7.70. The summed E-state index contributed by atoms with van der Waals surface area (Å²) in [6.07, 6.45) is 0. The fourth-order valence-corrected chi connectivity index (χ4v) is 8.25. The Bertz CT molecular complexity index is 2460. The van der Waals surface area contributed by atoms with E-state index in [1.165, 1.54) is 54.8 Å².